The first kappa shape index (κ1) is 28.7. The summed E-state index contributed by atoms with van der Waals surface area (Å²) in [6, 6.07) is 37.6. The van der Waals surface area contributed by atoms with Crippen molar-refractivity contribution in [2.24, 2.45) is 5.92 Å². The molecule has 0 saturated carbocycles. The molecule has 4 aromatic rings. The lowest BCUT2D eigenvalue weighted by Gasteiger charge is -2.39. The number of rotatable bonds is 10. The van der Waals surface area contributed by atoms with Gasteiger partial charge in [-0.1, -0.05) is 147 Å². The minimum Gasteiger partial charge on any atom is -0.0654 e. The van der Waals surface area contributed by atoms with Crippen molar-refractivity contribution in [2.75, 3.05) is 0 Å². The first-order valence-corrected chi connectivity index (χ1v) is 17.0. The largest absolute Gasteiger partial charge is 0.0654 e. The number of hydrogen-bond donors (Lipinski definition) is 0. The zero-order valence-corrected chi connectivity index (χ0v) is 26.1. The van der Waals surface area contributed by atoms with E-state index in [2.05, 4.69) is 146 Å². The van der Waals surface area contributed by atoms with Gasteiger partial charge >= 0.3 is 0 Å². The van der Waals surface area contributed by atoms with Gasteiger partial charge in [0.25, 0.3) is 0 Å². The molecule has 0 aromatic heterocycles. The van der Waals surface area contributed by atoms with Gasteiger partial charge < -0.3 is 0 Å². The molecular weight excluding hydrogens is 494 g/mol. The highest BCUT2D eigenvalue weighted by molar-refractivity contribution is 7.74. The van der Waals surface area contributed by atoms with Gasteiger partial charge in [0.1, 0.15) is 0 Å². The van der Waals surface area contributed by atoms with E-state index in [9.17, 15) is 0 Å². The van der Waals surface area contributed by atoms with Crippen LogP contribution in [0.5, 0.6) is 0 Å². The van der Waals surface area contributed by atoms with E-state index >= 15 is 0 Å². The van der Waals surface area contributed by atoms with Crippen molar-refractivity contribution >= 4 is 37.1 Å². The maximum atomic E-state index is 2.56. The summed E-state index contributed by atoms with van der Waals surface area (Å²) < 4.78 is 0. The molecule has 2 unspecified atom stereocenters. The summed E-state index contributed by atoms with van der Waals surface area (Å²) in [7, 11) is -0.965. The maximum Gasteiger partial charge on any atom is -0.0123 e. The van der Waals surface area contributed by atoms with Gasteiger partial charge in [-0.05, 0) is 88.4 Å². The molecule has 0 radical (unpaired) electrons. The van der Waals surface area contributed by atoms with E-state index in [1.54, 1.807) is 0 Å². The summed E-state index contributed by atoms with van der Waals surface area (Å²) in [5, 5.41) is 6.02. The highest BCUT2D eigenvalue weighted by Crippen LogP contribution is 2.52. The predicted octanol–water partition coefficient (Wildman–Crippen LogP) is 8.68. The Bertz CT molecular complexity index is 1080. The van der Waals surface area contributed by atoms with Crippen LogP contribution in [-0.4, -0.2) is 11.3 Å². The van der Waals surface area contributed by atoms with Crippen molar-refractivity contribution in [3.05, 3.63) is 119 Å². The van der Waals surface area contributed by atoms with Crippen LogP contribution in [0, 0.1) is 33.6 Å². The van der Waals surface area contributed by atoms with Gasteiger partial charge in [-0.3, -0.25) is 0 Å². The fourth-order valence-electron chi connectivity index (χ4n) is 5.66. The Kier molecular flexibility index (Phi) is 9.98. The molecule has 0 fully saturated rings. The number of hydrogen-bond acceptors (Lipinski definition) is 0. The summed E-state index contributed by atoms with van der Waals surface area (Å²) in [4.78, 5) is 0. The van der Waals surface area contributed by atoms with Gasteiger partial charge in [-0.2, -0.15) is 0 Å². The van der Waals surface area contributed by atoms with Crippen LogP contribution in [0.2, 0.25) is 0 Å². The van der Waals surface area contributed by atoms with E-state index in [1.807, 2.05) is 0 Å². The van der Waals surface area contributed by atoms with Crippen LogP contribution in [0.1, 0.15) is 55.9 Å². The Morgan fingerprint density at radius 2 is 0.684 bits per heavy atom. The molecule has 0 spiro atoms. The molecule has 0 heterocycles. The van der Waals surface area contributed by atoms with E-state index in [0.29, 0.717) is 17.2 Å². The summed E-state index contributed by atoms with van der Waals surface area (Å²) in [6.45, 7) is 16.3. The minimum absolute atomic E-state index is 0.483. The molecule has 0 N–H and O–H groups in total. The maximum absolute atomic E-state index is 2.56. The Labute approximate surface area is 234 Å². The number of aryl methyl sites for hydroxylation is 4. The first-order valence-electron chi connectivity index (χ1n) is 14.1. The quantitative estimate of drug-likeness (QED) is 0.177. The Hall–Kier alpha value is -2.26. The second-order valence-corrected chi connectivity index (χ2v) is 16.2. The summed E-state index contributed by atoms with van der Waals surface area (Å²) in [5.41, 5.74) is 6.49. The van der Waals surface area contributed by atoms with Crippen molar-refractivity contribution in [1.29, 1.82) is 0 Å². The lowest BCUT2D eigenvalue weighted by Crippen LogP contribution is -2.35. The molecule has 0 nitrogen and oxygen atoms in total. The van der Waals surface area contributed by atoms with E-state index < -0.39 is 15.8 Å². The zero-order chi connectivity index (χ0) is 27.2. The van der Waals surface area contributed by atoms with Gasteiger partial charge in [-0.25, -0.2) is 0 Å². The molecule has 0 aliphatic carbocycles. The van der Waals surface area contributed by atoms with E-state index in [-0.39, 0.29) is 0 Å². The van der Waals surface area contributed by atoms with Crippen LogP contribution < -0.4 is 21.2 Å². The zero-order valence-electron chi connectivity index (χ0n) is 24.3. The third-order valence-electron chi connectivity index (χ3n) is 7.92. The van der Waals surface area contributed by atoms with Crippen LogP contribution in [-0.2, 0) is 0 Å². The SMILES string of the molecule is CCCC(C(C)P(c1ccc(C)cc1)c1ccc(C)cc1)C(C)P(c1ccc(C)cc1)c1ccc(C)cc1. The van der Waals surface area contributed by atoms with Gasteiger partial charge in [0.2, 0.25) is 0 Å². The Morgan fingerprint density at radius 3 is 0.895 bits per heavy atom. The van der Waals surface area contributed by atoms with Gasteiger partial charge in [0.15, 0.2) is 0 Å². The van der Waals surface area contributed by atoms with E-state index in [1.165, 1.54) is 56.3 Å². The second-order valence-electron chi connectivity index (χ2n) is 11.0. The third kappa shape index (κ3) is 6.84. The van der Waals surface area contributed by atoms with Crippen LogP contribution in [0.3, 0.4) is 0 Å². The molecule has 0 bridgehead atoms. The Morgan fingerprint density at radius 1 is 0.447 bits per heavy atom. The van der Waals surface area contributed by atoms with Gasteiger partial charge in [-0.15, -0.1) is 0 Å². The van der Waals surface area contributed by atoms with E-state index in [4.69, 9.17) is 0 Å². The molecule has 2 heteroatoms. The van der Waals surface area contributed by atoms with Crippen LogP contribution in [0.25, 0.3) is 0 Å². The molecule has 0 aliphatic rings. The summed E-state index contributed by atoms with van der Waals surface area (Å²) in [5.74, 6) is 0.627. The highest BCUT2D eigenvalue weighted by atomic mass is 31.1. The predicted molar refractivity (Wildman–Crippen MR) is 174 cm³/mol. The molecule has 198 valence electrons. The molecule has 4 rings (SSSR count). The molecule has 2 atom stereocenters. The standard InChI is InChI=1S/C36H44P2/c1-8-9-36(30(6)37(32-18-10-26(2)11-19-32)33-20-12-27(3)13-21-33)31(7)38(34-22-14-28(4)15-23-34)35-24-16-29(5)17-25-35/h10-25,30-31,36H,8-9H2,1-7H3. The molecule has 38 heavy (non-hydrogen) atoms. The fourth-order valence-corrected chi connectivity index (χ4v) is 11.7. The van der Waals surface area contributed by atoms with Crippen molar-refractivity contribution in [1.82, 2.24) is 0 Å². The molecule has 0 saturated heterocycles. The summed E-state index contributed by atoms with van der Waals surface area (Å²) in [6.07, 6.45) is 2.48. The topological polar surface area (TPSA) is 0 Å². The molecular formula is C36H44P2. The third-order valence-corrected chi connectivity index (χ3v) is 13.7. The van der Waals surface area contributed by atoms with Crippen molar-refractivity contribution < 1.29 is 0 Å². The summed E-state index contributed by atoms with van der Waals surface area (Å²) >= 11 is 0. The van der Waals surface area contributed by atoms with Crippen molar-refractivity contribution in [3.8, 4) is 0 Å². The minimum atomic E-state index is -0.483. The van der Waals surface area contributed by atoms with Crippen molar-refractivity contribution in [3.63, 3.8) is 0 Å². The average Bonchev–Trinajstić information content (AvgIpc) is 2.91. The smallest absolute Gasteiger partial charge is 0.0123 e. The van der Waals surface area contributed by atoms with Crippen LogP contribution >= 0.6 is 15.8 Å². The lowest BCUT2D eigenvalue weighted by molar-refractivity contribution is 0.467. The first-order chi connectivity index (χ1) is 18.3. The van der Waals surface area contributed by atoms with Crippen LogP contribution in [0.15, 0.2) is 97.1 Å². The molecule has 4 aromatic carbocycles. The van der Waals surface area contributed by atoms with Gasteiger partial charge in [0.05, 0.1) is 0 Å². The molecule has 0 aliphatic heterocycles. The molecule has 0 amide bonds. The number of benzene rings is 4. The fraction of sp³-hybridized carbons (Fsp3) is 0.333. The van der Waals surface area contributed by atoms with E-state index in [0.717, 1.165) is 0 Å². The average molecular weight is 539 g/mol. The lowest BCUT2D eigenvalue weighted by atomic mass is 9.97. The monoisotopic (exact) mass is 538 g/mol. The van der Waals surface area contributed by atoms with Crippen molar-refractivity contribution in [2.45, 2.75) is 72.6 Å². The van der Waals surface area contributed by atoms with Crippen LogP contribution in [0.4, 0.5) is 0 Å². The highest BCUT2D eigenvalue weighted by Gasteiger charge is 2.35. The van der Waals surface area contributed by atoms with Gasteiger partial charge in [0, 0.05) is 0 Å². The Balaban J connectivity index is 1.79. The normalized spacial score (nSPS) is 14.0. The second kappa shape index (κ2) is 13.2.